The molecule has 1 fully saturated rings. The molecule has 19 heavy (non-hydrogen) atoms. The molecular weight excluding hydrogens is 245 g/mol. The van der Waals surface area contributed by atoms with Gasteiger partial charge in [0.05, 0.1) is 11.8 Å². The maximum Gasteiger partial charge on any atom is 0.255 e. The van der Waals surface area contributed by atoms with Crippen LogP contribution in [0, 0.1) is 5.82 Å². The Morgan fingerprint density at radius 3 is 2.74 bits per heavy atom. The van der Waals surface area contributed by atoms with E-state index < -0.39 is 5.82 Å². The standard InChI is InChI=1S/C14H20FN3O/c15-12-8-11(9-17-10-12)14(19)18(7-6-16)13-4-2-1-3-5-13/h8-10,13H,1-7,16H2. The Kier molecular flexibility index (Phi) is 4.85. The first kappa shape index (κ1) is 13.9. The lowest BCUT2D eigenvalue weighted by Crippen LogP contribution is -2.44. The van der Waals surface area contributed by atoms with Crippen molar-refractivity contribution in [1.82, 2.24) is 9.88 Å². The van der Waals surface area contributed by atoms with Gasteiger partial charge in [0.15, 0.2) is 0 Å². The maximum atomic E-state index is 13.2. The lowest BCUT2D eigenvalue weighted by atomic mass is 9.93. The number of carbonyl (C=O) groups is 1. The number of nitrogens with zero attached hydrogens (tertiary/aromatic N) is 2. The second-order valence-electron chi connectivity index (χ2n) is 4.97. The van der Waals surface area contributed by atoms with E-state index in [4.69, 9.17) is 5.73 Å². The van der Waals surface area contributed by atoms with Crippen molar-refractivity contribution >= 4 is 5.91 Å². The second kappa shape index (κ2) is 6.61. The molecule has 1 aliphatic carbocycles. The van der Waals surface area contributed by atoms with Crippen LogP contribution >= 0.6 is 0 Å². The number of pyridine rings is 1. The lowest BCUT2D eigenvalue weighted by Gasteiger charge is -2.34. The van der Waals surface area contributed by atoms with Crippen LogP contribution in [0.5, 0.6) is 0 Å². The molecule has 4 nitrogen and oxygen atoms in total. The van der Waals surface area contributed by atoms with E-state index in [0.29, 0.717) is 18.7 Å². The molecule has 0 aliphatic heterocycles. The van der Waals surface area contributed by atoms with E-state index in [2.05, 4.69) is 4.98 Å². The first-order valence-corrected chi connectivity index (χ1v) is 6.84. The number of carbonyl (C=O) groups excluding carboxylic acids is 1. The normalized spacial score (nSPS) is 16.3. The van der Waals surface area contributed by atoms with Gasteiger partial charge in [0, 0.05) is 25.3 Å². The van der Waals surface area contributed by atoms with Gasteiger partial charge >= 0.3 is 0 Å². The van der Waals surface area contributed by atoms with Crippen molar-refractivity contribution in [3.05, 3.63) is 29.8 Å². The fraction of sp³-hybridized carbons (Fsp3) is 0.571. The smallest absolute Gasteiger partial charge is 0.255 e. The number of nitrogens with two attached hydrogens (primary N) is 1. The predicted octanol–water partition coefficient (Wildman–Crippen LogP) is 1.95. The van der Waals surface area contributed by atoms with Crippen LogP contribution < -0.4 is 5.73 Å². The number of aromatic nitrogens is 1. The highest BCUT2D eigenvalue weighted by molar-refractivity contribution is 5.94. The SMILES string of the molecule is NCCN(C(=O)c1cncc(F)c1)C1CCCCC1. The molecule has 1 aromatic heterocycles. The van der Waals surface area contributed by atoms with Crippen LogP contribution in [0.25, 0.3) is 0 Å². The average molecular weight is 265 g/mol. The molecule has 1 aromatic rings. The summed E-state index contributed by atoms with van der Waals surface area (Å²) in [6.07, 6.45) is 8.04. The topological polar surface area (TPSA) is 59.2 Å². The van der Waals surface area contributed by atoms with E-state index in [1.54, 1.807) is 4.90 Å². The van der Waals surface area contributed by atoms with Crippen LogP contribution in [0.4, 0.5) is 4.39 Å². The second-order valence-corrected chi connectivity index (χ2v) is 4.97. The fourth-order valence-electron chi connectivity index (χ4n) is 2.68. The van der Waals surface area contributed by atoms with E-state index in [9.17, 15) is 9.18 Å². The average Bonchev–Trinajstić information content (AvgIpc) is 2.45. The van der Waals surface area contributed by atoms with Crippen molar-refractivity contribution in [2.45, 2.75) is 38.1 Å². The number of halogens is 1. The maximum absolute atomic E-state index is 13.2. The summed E-state index contributed by atoms with van der Waals surface area (Å²) in [7, 11) is 0. The summed E-state index contributed by atoms with van der Waals surface area (Å²) >= 11 is 0. The molecule has 0 spiro atoms. The number of rotatable bonds is 4. The Balaban J connectivity index is 2.15. The number of hydrogen-bond acceptors (Lipinski definition) is 3. The Morgan fingerprint density at radius 1 is 1.37 bits per heavy atom. The lowest BCUT2D eigenvalue weighted by molar-refractivity contribution is 0.0640. The van der Waals surface area contributed by atoms with Gasteiger partial charge in [-0.3, -0.25) is 9.78 Å². The quantitative estimate of drug-likeness (QED) is 0.905. The minimum atomic E-state index is -0.484. The van der Waals surface area contributed by atoms with E-state index >= 15 is 0 Å². The molecule has 1 saturated carbocycles. The number of hydrogen-bond donors (Lipinski definition) is 1. The van der Waals surface area contributed by atoms with Crippen molar-refractivity contribution in [3.63, 3.8) is 0 Å². The van der Waals surface area contributed by atoms with E-state index in [1.807, 2.05) is 0 Å². The summed E-state index contributed by atoms with van der Waals surface area (Å²) in [6, 6.07) is 1.47. The zero-order valence-electron chi connectivity index (χ0n) is 11.0. The molecule has 1 heterocycles. The fourth-order valence-corrected chi connectivity index (χ4v) is 2.68. The van der Waals surface area contributed by atoms with Gasteiger partial charge < -0.3 is 10.6 Å². The van der Waals surface area contributed by atoms with Crippen LogP contribution in [0.3, 0.4) is 0 Å². The van der Waals surface area contributed by atoms with E-state index in [1.165, 1.54) is 18.7 Å². The molecule has 0 radical (unpaired) electrons. The third kappa shape index (κ3) is 3.50. The first-order valence-electron chi connectivity index (χ1n) is 6.84. The Hall–Kier alpha value is -1.49. The van der Waals surface area contributed by atoms with Gasteiger partial charge in [0.25, 0.3) is 5.91 Å². The minimum absolute atomic E-state index is 0.163. The molecule has 0 unspecified atom stereocenters. The molecule has 2 N–H and O–H groups in total. The zero-order chi connectivity index (χ0) is 13.7. The van der Waals surface area contributed by atoms with Gasteiger partial charge in [-0.05, 0) is 18.9 Å². The van der Waals surface area contributed by atoms with Crippen molar-refractivity contribution in [2.75, 3.05) is 13.1 Å². The molecule has 104 valence electrons. The molecule has 1 aliphatic rings. The van der Waals surface area contributed by atoms with Crippen molar-refractivity contribution in [1.29, 1.82) is 0 Å². The summed E-state index contributed by atoms with van der Waals surface area (Å²) in [5.74, 6) is -0.647. The summed E-state index contributed by atoms with van der Waals surface area (Å²) in [4.78, 5) is 18.0. The molecule has 0 bridgehead atoms. The third-order valence-electron chi connectivity index (χ3n) is 3.60. The monoisotopic (exact) mass is 265 g/mol. The van der Waals surface area contributed by atoms with Crippen LogP contribution in [0.2, 0.25) is 0 Å². The predicted molar refractivity (Wildman–Crippen MR) is 71.2 cm³/mol. The highest BCUT2D eigenvalue weighted by Crippen LogP contribution is 2.23. The van der Waals surface area contributed by atoms with Crippen LogP contribution in [0.1, 0.15) is 42.5 Å². The molecule has 0 saturated heterocycles. The van der Waals surface area contributed by atoms with Gasteiger partial charge in [-0.15, -0.1) is 0 Å². The highest BCUT2D eigenvalue weighted by Gasteiger charge is 2.25. The van der Waals surface area contributed by atoms with Crippen LogP contribution in [-0.2, 0) is 0 Å². The Bertz CT molecular complexity index is 432. The molecule has 1 amide bonds. The summed E-state index contributed by atoms with van der Waals surface area (Å²) in [5, 5.41) is 0. The van der Waals surface area contributed by atoms with E-state index in [0.717, 1.165) is 31.9 Å². The summed E-state index contributed by atoms with van der Waals surface area (Å²) in [5.41, 5.74) is 5.90. The van der Waals surface area contributed by atoms with Crippen molar-refractivity contribution in [2.24, 2.45) is 5.73 Å². The van der Waals surface area contributed by atoms with E-state index in [-0.39, 0.29) is 11.9 Å². The van der Waals surface area contributed by atoms with Gasteiger partial charge in [-0.2, -0.15) is 0 Å². The molecule has 0 atom stereocenters. The summed E-state index contributed by atoms with van der Waals surface area (Å²) in [6.45, 7) is 0.936. The van der Waals surface area contributed by atoms with Crippen LogP contribution in [-0.4, -0.2) is 34.9 Å². The van der Waals surface area contributed by atoms with Gasteiger partial charge in [-0.1, -0.05) is 19.3 Å². The van der Waals surface area contributed by atoms with Crippen molar-refractivity contribution in [3.8, 4) is 0 Å². The van der Waals surface area contributed by atoms with Crippen LogP contribution in [0.15, 0.2) is 18.5 Å². The largest absolute Gasteiger partial charge is 0.334 e. The third-order valence-corrected chi connectivity index (χ3v) is 3.60. The van der Waals surface area contributed by atoms with Gasteiger partial charge in [0.1, 0.15) is 5.82 Å². The van der Waals surface area contributed by atoms with Gasteiger partial charge in [0.2, 0.25) is 0 Å². The molecule has 2 rings (SSSR count). The first-order chi connectivity index (χ1) is 9.22. The minimum Gasteiger partial charge on any atom is -0.334 e. The Labute approximate surface area is 112 Å². The molecule has 5 heteroatoms. The Morgan fingerprint density at radius 2 is 2.11 bits per heavy atom. The molecular formula is C14H20FN3O. The molecule has 0 aromatic carbocycles. The zero-order valence-corrected chi connectivity index (χ0v) is 11.0. The van der Waals surface area contributed by atoms with Gasteiger partial charge in [-0.25, -0.2) is 4.39 Å². The highest BCUT2D eigenvalue weighted by atomic mass is 19.1. The van der Waals surface area contributed by atoms with Crippen molar-refractivity contribution < 1.29 is 9.18 Å². The summed E-state index contributed by atoms with van der Waals surface area (Å²) < 4.78 is 13.2. The number of amides is 1.